The third-order valence-corrected chi connectivity index (χ3v) is 5.12. The maximum absolute atomic E-state index is 9.11. The van der Waals surface area contributed by atoms with Crippen LogP contribution in [0.1, 0.15) is 36.4 Å². The van der Waals surface area contributed by atoms with Gasteiger partial charge in [0, 0.05) is 50.9 Å². The van der Waals surface area contributed by atoms with Crippen LogP contribution in [0.3, 0.4) is 0 Å². The van der Waals surface area contributed by atoms with Crippen molar-refractivity contribution in [3.05, 3.63) is 29.3 Å². The molecule has 0 bridgehead atoms. The molecule has 2 heterocycles. The fraction of sp³-hybridized carbons (Fsp3) is 0.667. The van der Waals surface area contributed by atoms with Crippen LogP contribution in [-0.4, -0.2) is 60.8 Å². The molecule has 2 aliphatic rings. The SMILES string of the molecule is CN1CCC(Oc2cccc3c2CN(CCCO)C3CN)CC1. The molecule has 5 heteroatoms. The molecule has 1 fully saturated rings. The normalized spacial score (nSPS) is 23.2. The fourth-order valence-electron chi connectivity index (χ4n) is 3.75. The van der Waals surface area contributed by atoms with E-state index in [9.17, 15) is 0 Å². The predicted molar refractivity (Wildman–Crippen MR) is 91.5 cm³/mol. The summed E-state index contributed by atoms with van der Waals surface area (Å²) in [5.41, 5.74) is 8.60. The molecule has 0 amide bonds. The minimum absolute atomic E-state index is 0.225. The quantitative estimate of drug-likeness (QED) is 0.829. The Bertz CT molecular complexity index is 515. The lowest BCUT2D eigenvalue weighted by Gasteiger charge is -2.30. The number of ether oxygens (including phenoxy) is 1. The Labute approximate surface area is 139 Å². The highest BCUT2D eigenvalue weighted by molar-refractivity contribution is 5.45. The molecule has 0 spiro atoms. The molecule has 128 valence electrons. The molecule has 1 atom stereocenters. The van der Waals surface area contributed by atoms with E-state index in [1.54, 1.807) is 0 Å². The highest BCUT2D eigenvalue weighted by Crippen LogP contribution is 2.39. The molecule has 1 saturated heterocycles. The van der Waals surface area contributed by atoms with E-state index < -0.39 is 0 Å². The first-order valence-electron chi connectivity index (χ1n) is 8.75. The van der Waals surface area contributed by atoms with Crippen molar-refractivity contribution >= 4 is 0 Å². The highest BCUT2D eigenvalue weighted by atomic mass is 16.5. The largest absolute Gasteiger partial charge is 0.490 e. The molecule has 1 aromatic rings. The molecule has 1 aromatic carbocycles. The monoisotopic (exact) mass is 319 g/mol. The predicted octanol–water partition coefficient (Wildman–Crippen LogP) is 1.36. The summed E-state index contributed by atoms with van der Waals surface area (Å²) in [4.78, 5) is 4.72. The molecule has 0 aromatic heterocycles. The molecule has 3 rings (SSSR count). The Hall–Kier alpha value is -1.14. The van der Waals surface area contributed by atoms with E-state index in [1.807, 2.05) is 0 Å². The molecule has 0 aliphatic carbocycles. The lowest BCUT2D eigenvalue weighted by molar-refractivity contribution is 0.112. The Morgan fingerprint density at radius 2 is 2.09 bits per heavy atom. The standard InChI is InChI=1S/C18H29N3O2/c1-20-9-6-14(7-10-20)23-18-5-2-4-15-16(18)13-21(8-3-11-22)17(15)12-19/h2,4-5,14,17,22H,3,6-13,19H2,1H3. The lowest BCUT2D eigenvalue weighted by atomic mass is 10.0. The number of nitrogens with two attached hydrogens (primary N) is 1. The van der Waals surface area contributed by atoms with Crippen LogP contribution in [0.2, 0.25) is 0 Å². The Balaban J connectivity index is 1.74. The average molecular weight is 319 g/mol. The van der Waals surface area contributed by atoms with E-state index in [2.05, 4.69) is 35.0 Å². The summed E-state index contributed by atoms with van der Waals surface area (Å²) in [5, 5.41) is 9.11. The van der Waals surface area contributed by atoms with Crippen molar-refractivity contribution in [3.8, 4) is 5.75 Å². The van der Waals surface area contributed by atoms with Crippen LogP contribution in [0.5, 0.6) is 5.75 Å². The van der Waals surface area contributed by atoms with Crippen molar-refractivity contribution in [1.82, 2.24) is 9.80 Å². The third-order valence-electron chi connectivity index (χ3n) is 5.12. The molecular weight excluding hydrogens is 290 g/mol. The number of aliphatic hydroxyl groups is 1. The van der Waals surface area contributed by atoms with Crippen LogP contribution < -0.4 is 10.5 Å². The van der Waals surface area contributed by atoms with E-state index >= 15 is 0 Å². The number of nitrogens with zero attached hydrogens (tertiary/aromatic N) is 2. The summed E-state index contributed by atoms with van der Waals surface area (Å²) in [6.45, 7) is 4.79. The van der Waals surface area contributed by atoms with Gasteiger partial charge >= 0.3 is 0 Å². The number of hydrogen-bond donors (Lipinski definition) is 2. The number of rotatable bonds is 6. The molecule has 3 N–H and O–H groups in total. The first-order chi connectivity index (χ1) is 11.2. The number of fused-ring (bicyclic) bond motifs is 1. The molecule has 0 saturated carbocycles. The van der Waals surface area contributed by atoms with E-state index in [1.165, 1.54) is 11.1 Å². The Morgan fingerprint density at radius 1 is 1.30 bits per heavy atom. The minimum Gasteiger partial charge on any atom is -0.490 e. The van der Waals surface area contributed by atoms with Crippen LogP contribution >= 0.6 is 0 Å². The summed E-state index contributed by atoms with van der Waals surface area (Å²) in [6, 6.07) is 6.60. The van der Waals surface area contributed by atoms with Crippen molar-refractivity contribution in [2.45, 2.75) is 38.0 Å². The van der Waals surface area contributed by atoms with Gasteiger partial charge < -0.3 is 20.5 Å². The van der Waals surface area contributed by atoms with Crippen molar-refractivity contribution in [1.29, 1.82) is 0 Å². The number of hydrogen-bond acceptors (Lipinski definition) is 5. The van der Waals surface area contributed by atoms with Gasteiger partial charge in [0.05, 0.1) is 0 Å². The summed E-state index contributed by atoms with van der Waals surface area (Å²) >= 11 is 0. The van der Waals surface area contributed by atoms with Crippen LogP contribution in [0.25, 0.3) is 0 Å². The van der Waals surface area contributed by atoms with Crippen molar-refractivity contribution in [3.63, 3.8) is 0 Å². The van der Waals surface area contributed by atoms with Crippen LogP contribution in [-0.2, 0) is 6.54 Å². The van der Waals surface area contributed by atoms with Crippen molar-refractivity contribution in [2.24, 2.45) is 5.73 Å². The molecule has 1 unspecified atom stereocenters. The number of aliphatic hydroxyl groups excluding tert-OH is 1. The summed E-state index contributed by atoms with van der Waals surface area (Å²) in [7, 11) is 2.17. The number of likely N-dealkylation sites (tertiary alicyclic amines) is 1. The average Bonchev–Trinajstić information content (AvgIpc) is 2.93. The fourth-order valence-corrected chi connectivity index (χ4v) is 3.75. The second-order valence-electron chi connectivity index (χ2n) is 6.74. The Morgan fingerprint density at radius 3 is 2.78 bits per heavy atom. The molecule has 2 aliphatic heterocycles. The molecule has 5 nitrogen and oxygen atoms in total. The number of piperidine rings is 1. The van der Waals surface area contributed by atoms with Gasteiger partial charge in [0.2, 0.25) is 0 Å². The van der Waals surface area contributed by atoms with Gasteiger partial charge in [-0.1, -0.05) is 12.1 Å². The van der Waals surface area contributed by atoms with Crippen LogP contribution in [0.15, 0.2) is 18.2 Å². The third kappa shape index (κ3) is 3.69. The van der Waals surface area contributed by atoms with Gasteiger partial charge in [0.25, 0.3) is 0 Å². The van der Waals surface area contributed by atoms with E-state index in [-0.39, 0.29) is 12.6 Å². The van der Waals surface area contributed by atoms with Gasteiger partial charge in [-0.05, 0) is 37.9 Å². The lowest BCUT2D eigenvalue weighted by Crippen LogP contribution is -2.35. The summed E-state index contributed by atoms with van der Waals surface area (Å²) < 4.78 is 6.35. The van der Waals surface area contributed by atoms with Gasteiger partial charge in [0.15, 0.2) is 0 Å². The van der Waals surface area contributed by atoms with Gasteiger partial charge in [-0.2, -0.15) is 0 Å². The zero-order valence-electron chi connectivity index (χ0n) is 14.1. The van der Waals surface area contributed by atoms with Gasteiger partial charge in [-0.25, -0.2) is 0 Å². The van der Waals surface area contributed by atoms with Gasteiger partial charge in [0.1, 0.15) is 11.9 Å². The smallest absolute Gasteiger partial charge is 0.124 e. The van der Waals surface area contributed by atoms with Crippen LogP contribution in [0, 0.1) is 0 Å². The molecule has 0 radical (unpaired) electrons. The molecular formula is C18H29N3O2. The minimum atomic E-state index is 0.225. The zero-order valence-corrected chi connectivity index (χ0v) is 14.1. The summed E-state index contributed by atoms with van der Waals surface area (Å²) in [6.07, 6.45) is 3.29. The van der Waals surface area contributed by atoms with Gasteiger partial charge in [-0.15, -0.1) is 0 Å². The van der Waals surface area contributed by atoms with E-state index in [4.69, 9.17) is 15.6 Å². The highest BCUT2D eigenvalue weighted by Gasteiger charge is 2.31. The molecule has 23 heavy (non-hydrogen) atoms. The topological polar surface area (TPSA) is 62.0 Å². The summed E-state index contributed by atoms with van der Waals surface area (Å²) in [5.74, 6) is 1.03. The van der Waals surface area contributed by atoms with Crippen molar-refractivity contribution < 1.29 is 9.84 Å². The van der Waals surface area contributed by atoms with Crippen LogP contribution in [0.4, 0.5) is 0 Å². The second-order valence-corrected chi connectivity index (χ2v) is 6.74. The second kappa shape index (κ2) is 7.62. The van der Waals surface area contributed by atoms with E-state index in [0.29, 0.717) is 12.6 Å². The maximum Gasteiger partial charge on any atom is 0.124 e. The maximum atomic E-state index is 9.11. The Kier molecular flexibility index (Phi) is 5.54. The number of benzene rings is 1. The van der Waals surface area contributed by atoms with E-state index in [0.717, 1.165) is 51.2 Å². The first-order valence-corrected chi connectivity index (χ1v) is 8.75. The first kappa shape index (κ1) is 16.7. The zero-order chi connectivity index (χ0) is 16.2. The van der Waals surface area contributed by atoms with Crippen molar-refractivity contribution in [2.75, 3.05) is 39.8 Å². The van der Waals surface area contributed by atoms with Gasteiger partial charge in [-0.3, -0.25) is 4.90 Å².